The fourth-order valence-electron chi connectivity index (χ4n) is 2.79. The van der Waals surface area contributed by atoms with Gasteiger partial charge in [0.1, 0.15) is 0 Å². The molecule has 2 aliphatic carbocycles. The zero-order valence-corrected chi connectivity index (χ0v) is 11.1. The minimum atomic E-state index is -0.804. The largest absolute Gasteiger partial charge is 0.481 e. The van der Waals surface area contributed by atoms with E-state index in [1.54, 1.807) is 0 Å². The fourth-order valence-corrected chi connectivity index (χ4v) is 4.88. The lowest BCUT2D eigenvalue weighted by atomic mass is 10.1. The molecule has 2 saturated carbocycles. The molecule has 0 amide bonds. The standard InChI is InChI=1S/C13H22O3S/c14-12(15)9-13(7-8-13)10-17(16)11-5-3-1-2-4-6-11/h11H,1-10H2,(H,14,15). The second-order valence-electron chi connectivity index (χ2n) is 5.71. The van der Waals surface area contributed by atoms with E-state index < -0.39 is 16.8 Å². The molecule has 0 bridgehead atoms. The lowest BCUT2D eigenvalue weighted by Crippen LogP contribution is -2.24. The second-order valence-corrected chi connectivity index (χ2v) is 7.43. The third-order valence-electron chi connectivity index (χ3n) is 4.11. The van der Waals surface area contributed by atoms with Gasteiger partial charge in [-0.2, -0.15) is 0 Å². The Labute approximate surface area is 105 Å². The second kappa shape index (κ2) is 5.51. The lowest BCUT2D eigenvalue weighted by molar-refractivity contribution is -0.138. The molecular weight excluding hydrogens is 236 g/mol. The van der Waals surface area contributed by atoms with Crippen LogP contribution in [0.3, 0.4) is 0 Å². The zero-order chi connectivity index (χ0) is 12.3. The average Bonchev–Trinajstić information content (AvgIpc) is 3.01. The van der Waals surface area contributed by atoms with Gasteiger partial charge in [0.2, 0.25) is 0 Å². The van der Waals surface area contributed by atoms with Crippen LogP contribution in [0.5, 0.6) is 0 Å². The van der Waals surface area contributed by atoms with Crippen LogP contribution in [-0.4, -0.2) is 26.3 Å². The highest BCUT2D eigenvalue weighted by Crippen LogP contribution is 2.50. The Morgan fingerprint density at radius 1 is 1.18 bits per heavy atom. The highest BCUT2D eigenvalue weighted by molar-refractivity contribution is 7.85. The van der Waals surface area contributed by atoms with Crippen LogP contribution in [0, 0.1) is 5.41 Å². The van der Waals surface area contributed by atoms with Crippen molar-refractivity contribution in [2.45, 2.75) is 63.0 Å². The van der Waals surface area contributed by atoms with Crippen LogP contribution in [0.25, 0.3) is 0 Å². The number of rotatable bonds is 5. The van der Waals surface area contributed by atoms with Crippen molar-refractivity contribution in [1.29, 1.82) is 0 Å². The SMILES string of the molecule is O=C(O)CC1(CS(=O)C2CCCCCC2)CC1. The topological polar surface area (TPSA) is 54.4 Å². The number of carboxylic acid groups (broad SMARTS) is 1. The average molecular weight is 258 g/mol. The lowest BCUT2D eigenvalue weighted by Gasteiger charge is -2.18. The van der Waals surface area contributed by atoms with Gasteiger partial charge in [0.05, 0.1) is 6.42 Å². The Bertz CT molecular complexity index is 302. The maximum absolute atomic E-state index is 12.3. The van der Waals surface area contributed by atoms with Crippen molar-refractivity contribution in [3.05, 3.63) is 0 Å². The van der Waals surface area contributed by atoms with Gasteiger partial charge in [-0.15, -0.1) is 0 Å². The van der Waals surface area contributed by atoms with E-state index in [2.05, 4.69) is 0 Å². The van der Waals surface area contributed by atoms with E-state index in [4.69, 9.17) is 5.11 Å². The van der Waals surface area contributed by atoms with Gasteiger partial charge in [0, 0.05) is 21.8 Å². The molecule has 98 valence electrons. The molecule has 2 fully saturated rings. The van der Waals surface area contributed by atoms with E-state index in [9.17, 15) is 9.00 Å². The van der Waals surface area contributed by atoms with Gasteiger partial charge in [-0.05, 0) is 31.1 Å². The maximum atomic E-state index is 12.3. The summed E-state index contributed by atoms with van der Waals surface area (Å²) >= 11 is 0. The Morgan fingerprint density at radius 3 is 2.24 bits per heavy atom. The van der Waals surface area contributed by atoms with Crippen molar-refractivity contribution in [3.8, 4) is 0 Å². The fraction of sp³-hybridized carbons (Fsp3) is 0.923. The molecule has 17 heavy (non-hydrogen) atoms. The quantitative estimate of drug-likeness (QED) is 0.771. The molecule has 2 rings (SSSR count). The molecule has 3 nitrogen and oxygen atoms in total. The van der Waals surface area contributed by atoms with Crippen LogP contribution in [0.1, 0.15) is 57.8 Å². The molecule has 1 unspecified atom stereocenters. The van der Waals surface area contributed by atoms with Gasteiger partial charge in [0.15, 0.2) is 0 Å². The normalized spacial score (nSPS) is 26.1. The first-order chi connectivity index (χ1) is 8.11. The Hall–Kier alpha value is -0.380. The van der Waals surface area contributed by atoms with E-state index in [1.165, 1.54) is 25.7 Å². The molecule has 0 aliphatic heterocycles. The minimum absolute atomic E-state index is 0.108. The Kier molecular flexibility index (Phi) is 4.23. The van der Waals surface area contributed by atoms with E-state index in [-0.39, 0.29) is 11.8 Å². The van der Waals surface area contributed by atoms with Crippen LogP contribution in [0.4, 0.5) is 0 Å². The van der Waals surface area contributed by atoms with Crippen LogP contribution < -0.4 is 0 Å². The van der Waals surface area contributed by atoms with E-state index in [0.717, 1.165) is 25.7 Å². The van der Waals surface area contributed by atoms with Crippen molar-refractivity contribution < 1.29 is 14.1 Å². The molecule has 0 radical (unpaired) electrons. The summed E-state index contributed by atoms with van der Waals surface area (Å²) in [4.78, 5) is 10.8. The highest BCUT2D eigenvalue weighted by Gasteiger charge is 2.46. The van der Waals surface area contributed by atoms with Crippen LogP contribution >= 0.6 is 0 Å². The predicted octanol–water partition coefficient (Wildman–Crippen LogP) is 2.71. The predicted molar refractivity (Wildman–Crippen MR) is 68.4 cm³/mol. The molecule has 0 aromatic heterocycles. The molecule has 1 atom stereocenters. The molecule has 0 spiro atoms. The van der Waals surface area contributed by atoms with Crippen molar-refractivity contribution in [1.82, 2.24) is 0 Å². The Morgan fingerprint density at radius 2 is 1.76 bits per heavy atom. The first kappa shape index (κ1) is 13.1. The first-order valence-electron chi connectivity index (χ1n) is 6.70. The van der Waals surface area contributed by atoms with Gasteiger partial charge < -0.3 is 5.11 Å². The first-order valence-corrected chi connectivity index (χ1v) is 8.09. The molecule has 0 saturated heterocycles. The summed E-state index contributed by atoms with van der Waals surface area (Å²) < 4.78 is 12.3. The number of carbonyl (C=O) groups is 1. The van der Waals surface area contributed by atoms with E-state index >= 15 is 0 Å². The molecule has 0 aromatic rings. The summed E-state index contributed by atoms with van der Waals surface area (Å²) in [6.07, 6.45) is 9.22. The summed E-state index contributed by atoms with van der Waals surface area (Å²) in [5.41, 5.74) is -0.108. The summed E-state index contributed by atoms with van der Waals surface area (Å²) in [5, 5.41) is 9.20. The summed E-state index contributed by atoms with van der Waals surface area (Å²) in [6, 6.07) is 0. The Balaban J connectivity index is 1.85. The van der Waals surface area contributed by atoms with Gasteiger partial charge in [-0.25, -0.2) is 0 Å². The molecule has 0 aromatic carbocycles. The van der Waals surface area contributed by atoms with Crippen molar-refractivity contribution >= 4 is 16.8 Å². The van der Waals surface area contributed by atoms with Gasteiger partial charge in [-0.3, -0.25) is 9.00 Å². The molecule has 0 heterocycles. The molecule has 1 N–H and O–H groups in total. The van der Waals surface area contributed by atoms with E-state index in [1.807, 2.05) is 0 Å². The van der Waals surface area contributed by atoms with Gasteiger partial charge in [0.25, 0.3) is 0 Å². The maximum Gasteiger partial charge on any atom is 0.303 e. The summed E-state index contributed by atoms with van der Waals surface area (Å²) in [6.45, 7) is 0. The number of carboxylic acids is 1. The molecular formula is C13H22O3S. The van der Waals surface area contributed by atoms with Crippen LogP contribution in [-0.2, 0) is 15.6 Å². The minimum Gasteiger partial charge on any atom is -0.481 e. The number of hydrogen-bond donors (Lipinski definition) is 1. The summed E-state index contributed by atoms with van der Waals surface area (Å²) in [5.74, 6) is -0.107. The van der Waals surface area contributed by atoms with Crippen molar-refractivity contribution in [2.24, 2.45) is 5.41 Å². The monoisotopic (exact) mass is 258 g/mol. The van der Waals surface area contributed by atoms with Crippen molar-refractivity contribution in [3.63, 3.8) is 0 Å². The summed E-state index contributed by atoms with van der Waals surface area (Å²) in [7, 11) is -0.804. The van der Waals surface area contributed by atoms with Gasteiger partial charge in [-0.1, -0.05) is 25.7 Å². The van der Waals surface area contributed by atoms with Crippen LogP contribution in [0.15, 0.2) is 0 Å². The van der Waals surface area contributed by atoms with E-state index in [0.29, 0.717) is 11.0 Å². The van der Waals surface area contributed by atoms with Crippen molar-refractivity contribution in [2.75, 3.05) is 5.75 Å². The van der Waals surface area contributed by atoms with Crippen LogP contribution in [0.2, 0.25) is 0 Å². The van der Waals surface area contributed by atoms with Gasteiger partial charge >= 0.3 is 5.97 Å². The zero-order valence-electron chi connectivity index (χ0n) is 10.3. The highest BCUT2D eigenvalue weighted by atomic mass is 32.2. The number of hydrogen-bond acceptors (Lipinski definition) is 2. The number of aliphatic carboxylic acids is 1. The smallest absolute Gasteiger partial charge is 0.303 e. The third kappa shape index (κ3) is 3.80. The molecule has 4 heteroatoms. The third-order valence-corrected chi connectivity index (χ3v) is 6.22. The molecule has 2 aliphatic rings.